The number of rotatable bonds is 7. The van der Waals surface area contributed by atoms with Crippen molar-refractivity contribution in [2.24, 2.45) is 7.05 Å². The van der Waals surface area contributed by atoms with E-state index in [1.165, 1.54) is 5.69 Å². The van der Waals surface area contributed by atoms with E-state index < -0.39 is 0 Å². The number of carbonyl (C=O) groups excluding carboxylic acids is 1. The van der Waals surface area contributed by atoms with E-state index in [0.717, 1.165) is 38.7 Å². The number of nitrogens with zero attached hydrogens (tertiary/aromatic N) is 1. The zero-order valence-electron chi connectivity index (χ0n) is 12.6. The van der Waals surface area contributed by atoms with Crippen LogP contribution in [-0.2, 0) is 23.0 Å². The van der Waals surface area contributed by atoms with Crippen LogP contribution < -0.4 is 5.32 Å². The summed E-state index contributed by atoms with van der Waals surface area (Å²) < 4.78 is 7.67. The minimum absolute atomic E-state index is 0.153. The predicted octanol–water partition coefficient (Wildman–Crippen LogP) is 2.42. The first-order valence-electron chi connectivity index (χ1n) is 7.66. The van der Waals surface area contributed by atoms with Crippen molar-refractivity contribution in [3.05, 3.63) is 24.0 Å². The third-order valence-corrected chi connectivity index (χ3v) is 4.01. The van der Waals surface area contributed by atoms with Gasteiger partial charge in [-0.3, -0.25) is 4.79 Å². The smallest absolute Gasteiger partial charge is 0.220 e. The fourth-order valence-electron chi connectivity index (χ4n) is 2.70. The van der Waals surface area contributed by atoms with E-state index in [-0.39, 0.29) is 11.9 Å². The highest BCUT2D eigenvalue weighted by molar-refractivity contribution is 5.76. The van der Waals surface area contributed by atoms with Crippen LogP contribution in [0.3, 0.4) is 0 Å². The zero-order valence-corrected chi connectivity index (χ0v) is 12.6. The Kier molecular flexibility index (Phi) is 5.65. The molecule has 4 nitrogen and oxygen atoms in total. The molecule has 0 bridgehead atoms. The molecule has 0 saturated carbocycles. The van der Waals surface area contributed by atoms with E-state index in [4.69, 9.17) is 4.74 Å². The quantitative estimate of drug-likeness (QED) is 0.832. The molecule has 2 rings (SSSR count). The Labute approximate surface area is 121 Å². The van der Waals surface area contributed by atoms with Crippen molar-refractivity contribution < 1.29 is 9.53 Å². The maximum Gasteiger partial charge on any atom is 0.220 e. The molecular weight excluding hydrogens is 252 g/mol. The van der Waals surface area contributed by atoms with Crippen LogP contribution in [0.4, 0.5) is 0 Å². The molecule has 0 unspecified atom stereocenters. The summed E-state index contributed by atoms with van der Waals surface area (Å²) in [6.45, 7) is 2.94. The minimum Gasteiger partial charge on any atom is -0.378 e. The summed E-state index contributed by atoms with van der Waals surface area (Å²) in [7, 11) is 2.06. The second-order valence-electron chi connectivity index (χ2n) is 5.79. The average Bonchev–Trinajstić information content (AvgIpc) is 3.05. The first-order chi connectivity index (χ1) is 9.65. The van der Waals surface area contributed by atoms with Gasteiger partial charge in [-0.1, -0.05) is 0 Å². The Morgan fingerprint density at radius 1 is 1.60 bits per heavy atom. The SMILES string of the molecule is C[C@@H](CCc1cccn1C)NC(=O)CC[C@@H]1CCCO1. The summed E-state index contributed by atoms with van der Waals surface area (Å²) in [5.41, 5.74) is 1.31. The van der Waals surface area contributed by atoms with Crippen LogP contribution in [-0.4, -0.2) is 29.2 Å². The maximum atomic E-state index is 11.9. The molecular formula is C16H26N2O2. The van der Waals surface area contributed by atoms with Crippen molar-refractivity contribution in [2.75, 3.05) is 6.61 Å². The fourth-order valence-corrected chi connectivity index (χ4v) is 2.70. The van der Waals surface area contributed by atoms with Gasteiger partial charge in [-0.15, -0.1) is 0 Å². The molecule has 4 heteroatoms. The Morgan fingerprint density at radius 3 is 3.10 bits per heavy atom. The number of hydrogen-bond donors (Lipinski definition) is 1. The monoisotopic (exact) mass is 278 g/mol. The Bertz CT molecular complexity index is 422. The van der Waals surface area contributed by atoms with Gasteiger partial charge >= 0.3 is 0 Å². The lowest BCUT2D eigenvalue weighted by atomic mass is 10.1. The molecule has 112 valence electrons. The lowest BCUT2D eigenvalue weighted by Gasteiger charge is -2.15. The van der Waals surface area contributed by atoms with E-state index >= 15 is 0 Å². The van der Waals surface area contributed by atoms with Gasteiger partial charge in [0.2, 0.25) is 5.91 Å². The van der Waals surface area contributed by atoms with E-state index in [0.29, 0.717) is 12.5 Å². The Morgan fingerprint density at radius 2 is 2.45 bits per heavy atom. The summed E-state index contributed by atoms with van der Waals surface area (Å²) in [6, 6.07) is 4.41. The summed E-state index contributed by atoms with van der Waals surface area (Å²) >= 11 is 0. The van der Waals surface area contributed by atoms with Gasteiger partial charge in [0.1, 0.15) is 0 Å². The third kappa shape index (κ3) is 4.67. The van der Waals surface area contributed by atoms with E-state index in [1.807, 2.05) is 0 Å². The van der Waals surface area contributed by atoms with Gasteiger partial charge in [0, 0.05) is 38.0 Å². The zero-order chi connectivity index (χ0) is 14.4. The largest absolute Gasteiger partial charge is 0.378 e. The van der Waals surface area contributed by atoms with Crippen LogP contribution in [0.25, 0.3) is 0 Å². The topological polar surface area (TPSA) is 43.3 Å². The third-order valence-electron chi connectivity index (χ3n) is 4.01. The molecule has 1 aromatic rings. The first kappa shape index (κ1) is 15.1. The molecule has 1 N–H and O–H groups in total. The van der Waals surface area contributed by atoms with Crippen LogP contribution in [0.15, 0.2) is 18.3 Å². The summed E-state index contributed by atoms with van der Waals surface area (Å²) in [6.07, 6.45) is 8.02. The molecule has 0 radical (unpaired) electrons. The molecule has 1 fully saturated rings. The molecule has 20 heavy (non-hydrogen) atoms. The molecule has 1 aliphatic heterocycles. The number of amides is 1. The number of carbonyl (C=O) groups is 1. The predicted molar refractivity (Wildman–Crippen MR) is 79.5 cm³/mol. The molecule has 2 atom stereocenters. The molecule has 0 aliphatic carbocycles. The normalized spacial score (nSPS) is 20.0. The van der Waals surface area contributed by atoms with Gasteiger partial charge in [0.05, 0.1) is 6.10 Å². The van der Waals surface area contributed by atoms with Gasteiger partial charge in [0.25, 0.3) is 0 Å². The van der Waals surface area contributed by atoms with Crippen LogP contribution >= 0.6 is 0 Å². The molecule has 2 heterocycles. The van der Waals surface area contributed by atoms with Crippen LogP contribution in [0.5, 0.6) is 0 Å². The van der Waals surface area contributed by atoms with E-state index in [2.05, 4.69) is 42.2 Å². The number of hydrogen-bond acceptors (Lipinski definition) is 2. The highest BCUT2D eigenvalue weighted by Crippen LogP contribution is 2.16. The number of nitrogens with one attached hydrogen (secondary N) is 1. The standard InChI is InChI=1S/C16H26N2O2/c1-13(7-8-14-5-3-11-18(14)2)17-16(19)10-9-15-6-4-12-20-15/h3,5,11,13,15H,4,6-10,12H2,1-2H3,(H,17,19)/t13-,15-/m0/s1. The molecule has 0 aromatic carbocycles. The van der Waals surface area contributed by atoms with Crippen molar-refractivity contribution in [3.8, 4) is 0 Å². The number of ether oxygens (including phenoxy) is 1. The lowest BCUT2D eigenvalue weighted by molar-refractivity contribution is -0.122. The number of aromatic nitrogens is 1. The summed E-state index contributed by atoms with van der Waals surface area (Å²) in [5, 5.41) is 3.08. The van der Waals surface area contributed by atoms with E-state index in [1.54, 1.807) is 0 Å². The summed E-state index contributed by atoms with van der Waals surface area (Å²) in [5.74, 6) is 0.153. The van der Waals surface area contributed by atoms with E-state index in [9.17, 15) is 4.79 Å². The molecule has 1 amide bonds. The average molecular weight is 278 g/mol. The Hall–Kier alpha value is -1.29. The van der Waals surface area contributed by atoms with Crippen molar-refractivity contribution in [2.45, 2.75) is 57.6 Å². The van der Waals surface area contributed by atoms with Crippen LogP contribution in [0, 0.1) is 0 Å². The number of aryl methyl sites for hydroxylation is 2. The van der Waals surface area contributed by atoms with Gasteiger partial charge in [0.15, 0.2) is 0 Å². The molecule has 1 aliphatic rings. The van der Waals surface area contributed by atoms with Gasteiger partial charge in [-0.05, 0) is 51.2 Å². The van der Waals surface area contributed by atoms with Crippen molar-refractivity contribution >= 4 is 5.91 Å². The van der Waals surface area contributed by atoms with Crippen molar-refractivity contribution in [3.63, 3.8) is 0 Å². The highest BCUT2D eigenvalue weighted by atomic mass is 16.5. The molecule has 1 saturated heterocycles. The Balaban J connectivity index is 1.62. The highest BCUT2D eigenvalue weighted by Gasteiger charge is 2.17. The van der Waals surface area contributed by atoms with Crippen molar-refractivity contribution in [1.82, 2.24) is 9.88 Å². The second-order valence-corrected chi connectivity index (χ2v) is 5.79. The van der Waals surface area contributed by atoms with Gasteiger partial charge < -0.3 is 14.6 Å². The van der Waals surface area contributed by atoms with Gasteiger partial charge in [-0.2, -0.15) is 0 Å². The van der Waals surface area contributed by atoms with Gasteiger partial charge in [-0.25, -0.2) is 0 Å². The second kappa shape index (κ2) is 7.48. The first-order valence-corrected chi connectivity index (χ1v) is 7.66. The maximum absolute atomic E-state index is 11.9. The minimum atomic E-state index is 0.153. The van der Waals surface area contributed by atoms with Crippen LogP contribution in [0.1, 0.15) is 44.7 Å². The molecule has 1 aromatic heterocycles. The fraction of sp³-hybridized carbons (Fsp3) is 0.688. The summed E-state index contributed by atoms with van der Waals surface area (Å²) in [4.78, 5) is 11.9. The van der Waals surface area contributed by atoms with Crippen molar-refractivity contribution in [1.29, 1.82) is 0 Å². The molecule has 0 spiro atoms. The van der Waals surface area contributed by atoms with Crippen LogP contribution in [0.2, 0.25) is 0 Å². The lowest BCUT2D eigenvalue weighted by Crippen LogP contribution is -2.33.